The molecule has 6 nitrogen and oxygen atoms in total. The molecular weight excluding hydrogens is 340 g/mol. The Morgan fingerprint density at radius 1 is 1.00 bits per heavy atom. The second kappa shape index (κ2) is 6.95. The first-order chi connectivity index (χ1) is 11.6. The second-order valence-electron chi connectivity index (χ2n) is 6.29. The van der Waals surface area contributed by atoms with Gasteiger partial charge in [-0.3, -0.25) is 5.32 Å². The van der Waals surface area contributed by atoms with Gasteiger partial charge in [0.05, 0.1) is 21.4 Å². The summed E-state index contributed by atoms with van der Waals surface area (Å²) in [6, 6.07) is 13.4. The topological polar surface area (TPSA) is 96.3 Å². The van der Waals surface area contributed by atoms with E-state index in [0.717, 1.165) is 0 Å². The fraction of sp³-hybridized carbons (Fsp3) is 0.222. The summed E-state index contributed by atoms with van der Waals surface area (Å²) in [4.78, 5) is 11.9. The molecule has 25 heavy (non-hydrogen) atoms. The number of nitriles is 1. The molecule has 0 spiro atoms. The number of sulfone groups is 1. The molecule has 7 heteroatoms. The zero-order valence-electron chi connectivity index (χ0n) is 14.1. The van der Waals surface area contributed by atoms with Crippen LogP contribution >= 0.6 is 0 Å². The van der Waals surface area contributed by atoms with Crippen molar-refractivity contribution in [3.63, 3.8) is 0 Å². The largest absolute Gasteiger partial charge is 0.444 e. The SMILES string of the molecule is CC(C)(C)OC(=O)Nc1ccc(S(=O)(=O)c2ccc(C#N)cc2)cc1. The molecular formula is C18H18N2O4S. The van der Waals surface area contributed by atoms with Gasteiger partial charge in [0, 0.05) is 5.69 Å². The number of carbonyl (C=O) groups excluding carboxylic acids is 1. The van der Waals surface area contributed by atoms with Crippen LogP contribution in [0.25, 0.3) is 0 Å². The van der Waals surface area contributed by atoms with Crippen molar-refractivity contribution in [3.8, 4) is 6.07 Å². The Labute approximate surface area is 147 Å². The van der Waals surface area contributed by atoms with Gasteiger partial charge in [0.2, 0.25) is 9.84 Å². The molecule has 2 aromatic rings. The summed E-state index contributed by atoms with van der Waals surface area (Å²) >= 11 is 0. The fourth-order valence-electron chi connectivity index (χ4n) is 1.98. The monoisotopic (exact) mass is 358 g/mol. The van der Waals surface area contributed by atoms with Crippen molar-refractivity contribution in [3.05, 3.63) is 54.1 Å². The standard InChI is InChI=1S/C18H18N2O4S/c1-18(2,3)24-17(21)20-14-6-10-16(11-7-14)25(22,23)15-8-4-13(12-19)5-9-15/h4-11H,1-3H3,(H,20,21). The lowest BCUT2D eigenvalue weighted by atomic mass is 10.2. The average Bonchev–Trinajstić information content (AvgIpc) is 2.53. The van der Waals surface area contributed by atoms with Crippen molar-refractivity contribution in [2.45, 2.75) is 36.2 Å². The summed E-state index contributed by atoms with van der Waals surface area (Å²) in [6.45, 7) is 5.25. The Kier molecular flexibility index (Phi) is 5.14. The molecule has 0 aliphatic heterocycles. The molecule has 0 saturated carbocycles. The maximum atomic E-state index is 12.6. The number of carbonyl (C=O) groups is 1. The predicted octanol–water partition coefficient (Wildman–Crippen LogP) is 3.74. The summed E-state index contributed by atoms with van der Waals surface area (Å²) < 4.78 is 30.3. The number of amides is 1. The van der Waals surface area contributed by atoms with Crippen molar-refractivity contribution in [2.24, 2.45) is 0 Å². The van der Waals surface area contributed by atoms with E-state index in [9.17, 15) is 13.2 Å². The van der Waals surface area contributed by atoms with Gasteiger partial charge in [-0.15, -0.1) is 0 Å². The number of benzene rings is 2. The Morgan fingerprint density at radius 2 is 1.48 bits per heavy atom. The zero-order chi connectivity index (χ0) is 18.7. The summed E-state index contributed by atoms with van der Waals surface area (Å²) in [5, 5.41) is 11.3. The van der Waals surface area contributed by atoms with Crippen LogP contribution in [0.5, 0.6) is 0 Å². The lowest BCUT2D eigenvalue weighted by Gasteiger charge is -2.19. The van der Waals surface area contributed by atoms with E-state index in [1.165, 1.54) is 48.5 Å². The van der Waals surface area contributed by atoms with Gasteiger partial charge in [0.1, 0.15) is 5.60 Å². The lowest BCUT2D eigenvalue weighted by molar-refractivity contribution is 0.0636. The molecule has 0 aliphatic carbocycles. The smallest absolute Gasteiger partial charge is 0.412 e. The van der Waals surface area contributed by atoms with Crippen molar-refractivity contribution >= 4 is 21.6 Å². The predicted molar refractivity (Wildman–Crippen MR) is 92.9 cm³/mol. The molecule has 0 bridgehead atoms. The van der Waals surface area contributed by atoms with Crippen LogP contribution in [0.2, 0.25) is 0 Å². The van der Waals surface area contributed by atoms with Crippen LogP contribution in [0.1, 0.15) is 26.3 Å². The molecule has 0 unspecified atom stereocenters. The summed E-state index contributed by atoms with van der Waals surface area (Å²) in [5.41, 5.74) is 0.187. The van der Waals surface area contributed by atoms with E-state index in [-0.39, 0.29) is 9.79 Å². The Morgan fingerprint density at radius 3 is 1.92 bits per heavy atom. The third-order valence-electron chi connectivity index (χ3n) is 3.10. The van der Waals surface area contributed by atoms with Gasteiger partial charge in [0.15, 0.2) is 0 Å². The van der Waals surface area contributed by atoms with Gasteiger partial charge in [-0.2, -0.15) is 5.26 Å². The quantitative estimate of drug-likeness (QED) is 0.901. The number of nitrogens with one attached hydrogen (secondary N) is 1. The zero-order valence-corrected chi connectivity index (χ0v) is 14.9. The fourth-order valence-corrected chi connectivity index (χ4v) is 3.24. The van der Waals surface area contributed by atoms with Crippen molar-refractivity contribution in [1.29, 1.82) is 5.26 Å². The first-order valence-electron chi connectivity index (χ1n) is 7.47. The minimum absolute atomic E-state index is 0.0898. The maximum Gasteiger partial charge on any atom is 0.412 e. The minimum Gasteiger partial charge on any atom is -0.444 e. The third kappa shape index (κ3) is 4.81. The highest BCUT2D eigenvalue weighted by Gasteiger charge is 2.19. The first kappa shape index (κ1) is 18.5. The lowest BCUT2D eigenvalue weighted by Crippen LogP contribution is -2.27. The summed E-state index contributed by atoms with van der Waals surface area (Å²) in [5.74, 6) is 0. The average molecular weight is 358 g/mol. The first-order valence-corrected chi connectivity index (χ1v) is 8.95. The number of ether oxygens (including phenoxy) is 1. The van der Waals surface area contributed by atoms with E-state index < -0.39 is 21.5 Å². The molecule has 1 amide bonds. The van der Waals surface area contributed by atoms with E-state index in [1.54, 1.807) is 20.8 Å². The van der Waals surface area contributed by atoms with Gasteiger partial charge in [-0.25, -0.2) is 13.2 Å². The van der Waals surface area contributed by atoms with Gasteiger partial charge in [-0.1, -0.05) is 0 Å². The summed E-state index contributed by atoms with van der Waals surface area (Å²) in [7, 11) is -3.69. The number of rotatable bonds is 3. The molecule has 0 atom stereocenters. The van der Waals surface area contributed by atoms with E-state index in [0.29, 0.717) is 11.3 Å². The Hall–Kier alpha value is -2.85. The highest BCUT2D eigenvalue weighted by Crippen LogP contribution is 2.23. The van der Waals surface area contributed by atoms with Gasteiger partial charge in [-0.05, 0) is 69.3 Å². The highest BCUT2D eigenvalue weighted by atomic mass is 32.2. The van der Waals surface area contributed by atoms with E-state index in [4.69, 9.17) is 10.00 Å². The Bertz CT molecular complexity index is 904. The van der Waals surface area contributed by atoms with Gasteiger partial charge in [0.25, 0.3) is 0 Å². The van der Waals surface area contributed by atoms with Gasteiger partial charge < -0.3 is 4.74 Å². The molecule has 0 fully saturated rings. The molecule has 0 radical (unpaired) electrons. The highest BCUT2D eigenvalue weighted by molar-refractivity contribution is 7.91. The van der Waals surface area contributed by atoms with Crippen molar-refractivity contribution < 1.29 is 17.9 Å². The van der Waals surface area contributed by atoms with Gasteiger partial charge >= 0.3 is 6.09 Å². The number of anilines is 1. The van der Waals surface area contributed by atoms with E-state index >= 15 is 0 Å². The van der Waals surface area contributed by atoms with Crippen LogP contribution < -0.4 is 5.32 Å². The second-order valence-corrected chi connectivity index (χ2v) is 8.24. The van der Waals surface area contributed by atoms with Crippen LogP contribution in [0, 0.1) is 11.3 Å². The Balaban J connectivity index is 2.18. The molecule has 130 valence electrons. The van der Waals surface area contributed by atoms with Crippen LogP contribution in [0.3, 0.4) is 0 Å². The molecule has 2 rings (SSSR count). The number of hydrogen-bond donors (Lipinski definition) is 1. The van der Waals surface area contributed by atoms with Crippen molar-refractivity contribution in [2.75, 3.05) is 5.32 Å². The third-order valence-corrected chi connectivity index (χ3v) is 4.89. The molecule has 0 aliphatic rings. The van der Waals surface area contributed by atoms with Crippen LogP contribution in [0.4, 0.5) is 10.5 Å². The normalized spacial score (nSPS) is 11.4. The molecule has 1 N–H and O–H groups in total. The van der Waals surface area contributed by atoms with Crippen LogP contribution in [-0.4, -0.2) is 20.1 Å². The molecule has 0 aromatic heterocycles. The van der Waals surface area contributed by atoms with Crippen LogP contribution in [-0.2, 0) is 14.6 Å². The molecule has 2 aromatic carbocycles. The van der Waals surface area contributed by atoms with Crippen molar-refractivity contribution in [1.82, 2.24) is 0 Å². The molecule has 0 heterocycles. The minimum atomic E-state index is -3.69. The van der Waals surface area contributed by atoms with E-state index in [2.05, 4.69) is 5.32 Å². The number of nitrogens with zero attached hydrogens (tertiary/aromatic N) is 1. The van der Waals surface area contributed by atoms with Crippen LogP contribution in [0.15, 0.2) is 58.3 Å². The maximum absolute atomic E-state index is 12.6. The van der Waals surface area contributed by atoms with E-state index in [1.807, 2.05) is 6.07 Å². The summed E-state index contributed by atoms with van der Waals surface area (Å²) in [6.07, 6.45) is -0.616. The molecule has 0 saturated heterocycles. The number of hydrogen-bond acceptors (Lipinski definition) is 5.